The summed E-state index contributed by atoms with van der Waals surface area (Å²) >= 11 is 3.34. The number of carboxylic acid groups (broad SMARTS) is 1. The van der Waals surface area contributed by atoms with Gasteiger partial charge in [-0.15, -0.1) is 0 Å². The van der Waals surface area contributed by atoms with Crippen LogP contribution in [0.25, 0.3) is 0 Å². The number of ether oxygens (including phenoxy) is 1. The summed E-state index contributed by atoms with van der Waals surface area (Å²) in [6.45, 7) is 6.49. The average Bonchev–Trinajstić information content (AvgIpc) is 2.37. The van der Waals surface area contributed by atoms with E-state index in [0.717, 1.165) is 21.2 Å². The van der Waals surface area contributed by atoms with Crippen LogP contribution >= 0.6 is 15.9 Å². The van der Waals surface area contributed by atoms with E-state index in [0.29, 0.717) is 12.4 Å². The van der Waals surface area contributed by atoms with Gasteiger partial charge in [0.15, 0.2) is 0 Å². The Morgan fingerprint density at radius 3 is 2.33 bits per heavy atom. The maximum Gasteiger partial charge on any atom is 0.339 e. The summed E-state index contributed by atoms with van der Waals surface area (Å²) in [5.41, 5.74) is 4.78. The van der Waals surface area contributed by atoms with Crippen LogP contribution in [0.15, 0.2) is 34.8 Å². The Hall–Kier alpha value is -1.81. The summed E-state index contributed by atoms with van der Waals surface area (Å²) in [7, 11) is 0. The van der Waals surface area contributed by atoms with Crippen molar-refractivity contribution in [2.75, 3.05) is 0 Å². The number of aryl methyl sites for hydroxylation is 3. The van der Waals surface area contributed by atoms with Crippen molar-refractivity contribution in [3.63, 3.8) is 0 Å². The van der Waals surface area contributed by atoms with Crippen LogP contribution in [0.3, 0.4) is 0 Å². The Labute approximate surface area is 132 Å². The first-order valence-corrected chi connectivity index (χ1v) is 7.40. The standard InChI is InChI=1S/C17H17BrO3/c1-10-6-11(2)15(12(3)7-10)9-21-16-8-13(18)4-5-14(16)17(19)20/h4-8H,9H2,1-3H3,(H,19,20). The van der Waals surface area contributed by atoms with E-state index in [2.05, 4.69) is 35.0 Å². The highest BCUT2D eigenvalue weighted by Crippen LogP contribution is 2.26. The minimum absolute atomic E-state index is 0.167. The number of hydrogen-bond acceptors (Lipinski definition) is 2. The molecule has 110 valence electrons. The first-order chi connectivity index (χ1) is 9.88. The molecule has 0 spiro atoms. The topological polar surface area (TPSA) is 46.5 Å². The minimum Gasteiger partial charge on any atom is -0.488 e. The number of halogens is 1. The van der Waals surface area contributed by atoms with Gasteiger partial charge in [-0.05, 0) is 55.7 Å². The lowest BCUT2D eigenvalue weighted by molar-refractivity contribution is 0.0691. The second kappa shape index (κ2) is 6.31. The predicted molar refractivity (Wildman–Crippen MR) is 86.1 cm³/mol. The van der Waals surface area contributed by atoms with Gasteiger partial charge in [-0.2, -0.15) is 0 Å². The molecule has 0 aromatic heterocycles. The zero-order valence-electron chi connectivity index (χ0n) is 12.2. The number of carbonyl (C=O) groups is 1. The second-order valence-electron chi connectivity index (χ2n) is 5.11. The summed E-state index contributed by atoms with van der Waals surface area (Å²) in [5.74, 6) is -0.619. The van der Waals surface area contributed by atoms with E-state index >= 15 is 0 Å². The van der Waals surface area contributed by atoms with Gasteiger partial charge in [0.1, 0.15) is 17.9 Å². The van der Waals surface area contributed by atoms with Crippen LogP contribution in [-0.2, 0) is 6.61 Å². The molecule has 0 atom stereocenters. The molecule has 0 radical (unpaired) electrons. The quantitative estimate of drug-likeness (QED) is 0.874. The molecule has 0 aliphatic heterocycles. The van der Waals surface area contributed by atoms with E-state index < -0.39 is 5.97 Å². The molecular formula is C17H17BrO3. The molecular weight excluding hydrogens is 332 g/mol. The third-order valence-corrected chi connectivity index (χ3v) is 3.88. The highest BCUT2D eigenvalue weighted by molar-refractivity contribution is 9.10. The zero-order chi connectivity index (χ0) is 15.6. The van der Waals surface area contributed by atoms with Gasteiger partial charge in [-0.25, -0.2) is 4.79 Å². The SMILES string of the molecule is Cc1cc(C)c(COc2cc(Br)ccc2C(=O)O)c(C)c1. The number of carboxylic acids is 1. The molecule has 4 heteroatoms. The van der Waals surface area contributed by atoms with Gasteiger partial charge in [-0.1, -0.05) is 33.6 Å². The molecule has 2 aromatic carbocycles. The number of benzene rings is 2. The second-order valence-corrected chi connectivity index (χ2v) is 6.03. The number of aromatic carboxylic acids is 1. The lowest BCUT2D eigenvalue weighted by Crippen LogP contribution is -2.05. The molecule has 2 aromatic rings. The average molecular weight is 349 g/mol. The van der Waals surface area contributed by atoms with Crippen LogP contribution in [0, 0.1) is 20.8 Å². The van der Waals surface area contributed by atoms with Crippen molar-refractivity contribution in [1.82, 2.24) is 0 Å². The molecule has 3 nitrogen and oxygen atoms in total. The van der Waals surface area contributed by atoms with Gasteiger partial charge in [0.05, 0.1) is 0 Å². The molecule has 0 unspecified atom stereocenters. The van der Waals surface area contributed by atoms with Crippen LogP contribution < -0.4 is 4.74 Å². The summed E-state index contributed by atoms with van der Waals surface area (Å²) < 4.78 is 6.55. The van der Waals surface area contributed by atoms with E-state index in [1.54, 1.807) is 12.1 Å². The van der Waals surface area contributed by atoms with Gasteiger partial charge in [0.25, 0.3) is 0 Å². The Balaban J connectivity index is 2.28. The summed E-state index contributed by atoms with van der Waals surface area (Å²) in [6.07, 6.45) is 0. The molecule has 0 saturated heterocycles. The molecule has 2 rings (SSSR count). The molecule has 0 aliphatic rings. The van der Waals surface area contributed by atoms with Crippen molar-refractivity contribution in [3.05, 3.63) is 62.6 Å². The first kappa shape index (κ1) is 15.6. The van der Waals surface area contributed by atoms with Crippen molar-refractivity contribution >= 4 is 21.9 Å². The summed E-state index contributed by atoms with van der Waals surface area (Å²) in [6, 6.07) is 9.12. The fraction of sp³-hybridized carbons (Fsp3) is 0.235. The maximum atomic E-state index is 11.2. The molecule has 0 heterocycles. The molecule has 0 saturated carbocycles. The maximum absolute atomic E-state index is 11.2. The highest BCUT2D eigenvalue weighted by atomic mass is 79.9. The van der Waals surface area contributed by atoms with Crippen LogP contribution in [0.1, 0.15) is 32.6 Å². The van der Waals surface area contributed by atoms with Crippen LogP contribution in [0.4, 0.5) is 0 Å². The molecule has 21 heavy (non-hydrogen) atoms. The van der Waals surface area contributed by atoms with Crippen molar-refractivity contribution in [2.24, 2.45) is 0 Å². The lowest BCUT2D eigenvalue weighted by Gasteiger charge is -2.14. The van der Waals surface area contributed by atoms with Gasteiger partial charge >= 0.3 is 5.97 Å². The number of hydrogen-bond donors (Lipinski definition) is 1. The molecule has 0 bridgehead atoms. The van der Waals surface area contributed by atoms with Crippen molar-refractivity contribution in [1.29, 1.82) is 0 Å². The summed E-state index contributed by atoms with van der Waals surface area (Å²) in [4.78, 5) is 11.2. The van der Waals surface area contributed by atoms with Crippen LogP contribution in [0.5, 0.6) is 5.75 Å². The monoisotopic (exact) mass is 348 g/mol. The fourth-order valence-corrected chi connectivity index (χ4v) is 2.72. The van der Waals surface area contributed by atoms with Gasteiger partial charge in [0.2, 0.25) is 0 Å². The van der Waals surface area contributed by atoms with E-state index in [-0.39, 0.29) is 5.56 Å². The van der Waals surface area contributed by atoms with Crippen LogP contribution in [0.2, 0.25) is 0 Å². The normalized spacial score (nSPS) is 10.5. The highest BCUT2D eigenvalue weighted by Gasteiger charge is 2.13. The largest absolute Gasteiger partial charge is 0.488 e. The number of rotatable bonds is 4. The molecule has 1 N–H and O–H groups in total. The third kappa shape index (κ3) is 3.64. The Bertz CT molecular complexity index is 669. The Kier molecular flexibility index (Phi) is 4.68. The third-order valence-electron chi connectivity index (χ3n) is 3.39. The fourth-order valence-electron chi connectivity index (χ4n) is 2.38. The predicted octanol–water partition coefficient (Wildman–Crippen LogP) is 4.65. The molecule has 0 aliphatic carbocycles. The Morgan fingerprint density at radius 2 is 1.76 bits per heavy atom. The van der Waals surface area contributed by atoms with Gasteiger partial charge in [-0.3, -0.25) is 0 Å². The first-order valence-electron chi connectivity index (χ1n) is 6.61. The zero-order valence-corrected chi connectivity index (χ0v) is 13.8. The van der Waals surface area contributed by atoms with Gasteiger partial charge in [0, 0.05) is 4.47 Å². The van der Waals surface area contributed by atoms with E-state index in [9.17, 15) is 9.90 Å². The Morgan fingerprint density at radius 1 is 1.14 bits per heavy atom. The van der Waals surface area contributed by atoms with Crippen molar-refractivity contribution in [3.8, 4) is 5.75 Å². The van der Waals surface area contributed by atoms with Crippen molar-refractivity contribution in [2.45, 2.75) is 27.4 Å². The lowest BCUT2D eigenvalue weighted by atomic mass is 10.0. The minimum atomic E-state index is -0.991. The van der Waals surface area contributed by atoms with Crippen molar-refractivity contribution < 1.29 is 14.6 Å². The van der Waals surface area contributed by atoms with Gasteiger partial charge < -0.3 is 9.84 Å². The molecule has 0 amide bonds. The van der Waals surface area contributed by atoms with E-state index in [1.807, 2.05) is 13.8 Å². The summed E-state index contributed by atoms with van der Waals surface area (Å²) in [5, 5.41) is 9.20. The van der Waals surface area contributed by atoms with Crippen LogP contribution in [-0.4, -0.2) is 11.1 Å². The van der Waals surface area contributed by atoms with E-state index in [4.69, 9.17) is 4.74 Å². The van der Waals surface area contributed by atoms with E-state index in [1.165, 1.54) is 11.6 Å². The molecule has 0 fully saturated rings. The smallest absolute Gasteiger partial charge is 0.339 e.